The van der Waals surface area contributed by atoms with Gasteiger partial charge in [-0.15, -0.1) is 0 Å². The highest BCUT2D eigenvalue weighted by molar-refractivity contribution is 6.37. The molecule has 1 aromatic rings. The fraction of sp³-hybridized carbons (Fsp3) is 0.421. The number of allylic oxidation sites excluding steroid dienone is 2. The van der Waals surface area contributed by atoms with E-state index >= 15 is 0 Å². The average molecular weight is 341 g/mol. The zero-order chi connectivity index (χ0) is 17.2. The molecule has 0 amide bonds. The van der Waals surface area contributed by atoms with Gasteiger partial charge in [-0.25, -0.2) is 4.79 Å². The molecular formula is C19H19NO5. The van der Waals surface area contributed by atoms with Crippen LogP contribution in [-0.4, -0.2) is 36.3 Å². The van der Waals surface area contributed by atoms with Crippen LogP contribution in [-0.2, 0) is 23.8 Å². The van der Waals surface area contributed by atoms with E-state index in [-0.39, 0.29) is 11.9 Å². The second kappa shape index (κ2) is 6.90. The summed E-state index contributed by atoms with van der Waals surface area (Å²) >= 11 is 0. The van der Waals surface area contributed by atoms with Crippen molar-refractivity contribution in [3.05, 3.63) is 47.7 Å². The largest absolute Gasteiger partial charge is 0.453 e. The number of carbonyl (C=O) groups is 2. The number of aliphatic imine (C=N–C) groups is 1. The van der Waals surface area contributed by atoms with Crippen LogP contribution in [0.1, 0.15) is 37.5 Å². The molecule has 0 unspecified atom stereocenters. The van der Waals surface area contributed by atoms with E-state index in [4.69, 9.17) is 14.2 Å². The molecule has 6 nitrogen and oxygen atoms in total. The number of esters is 1. The van der Waals surface area contributed by atoms with E-state index in [1.165, 1.54) is 6.08 Å². The zero-order valence-electron chi connectivity index (χ0n) is 13.7. The Hall–Kier alpha value is -2.31. The van der Waals surface area contributed by atoms with Crippen molar-refractivity contribution in [3.63, 3.8) is 0 Å². The highest BCUT2D eigenvalue weighted by Gasteiger charge is 2.41. The van der Waals surface area contributed by atoms with Crippen molar-refractivity contribution >= 4 is 17.5 Å². The van der Waals surface area contributed by atoms with Crippen molar-refractivity contribution in [1.82, 2.24) is 0 Å². The molecule has 130 valence electrons. The Kier molecular flexibility index (Phi) is 4.46. The molecule has 25 heavy (non-hydrogen) atoms. The lowest BCUT2D eigenvalue weighted by Gasteiger charge is -2.38. The first-order valence-electron chi connectivity index (χ1n) is 8.53. The average Bonchev–Trinajstić information content (AvgIpc) is 2.63. The first kappa shape index (κ1) is 16.2. The maximum absolute atomic E-state index is 12.2. The number of fused-ring (bicyclic) bond motifs is 1. The molecule has 0 radical (unpaired) electrons. The monoisotopic (exact) mass is 341 g/mol. The maximum Gasteiger partial charge on any atom is 0.353 e. The SMILES string of the molecule is O=C1C=C(N=C2C[C@@H]3O[C@H](c4ccccc4)OC[C@@H]3OC2=O)CCC1. The summed E-state index contributed by atoms with van der Waals surface area (Å²) < 4.78 is 17.1. The molecule has 2 heterocycles. The van der Waals surface area contributed by atoms with Gasteiger partial charge in [-0.3, -0.25) is 9.79 Å². The van der Waals surface area contributed by atoms with Crippen molar-refractivity contribution in [2.24, 2.45) is 4.99 Å². The van der Waals surface area contributed by atoms with E-state index in [0.717, 1.165) is 12.0 Å². The predicted molar refractivity (Wildman–Crippen MR) is 88.9 cm³/mol. The quantitative estimate of drug-likeness (QED) is 0.773. The van der Waals surface area contributed by atoms with Gasteiger partial charge in [-0.2, -0.15) is 0 Å². The number of hydrogen-bond acceptors (Lipinski definition) is 6. The molecule has 0 spiro atoms. The summed E-state index contributed by atoms with van der Waals surface area (Å²) in [7, 11) is 0. The molecule has 0 aromatic heterocycles. The summed E-state index contributed by atoms with van der Waals surface area (Å²) in [4.78, 5) is 28.1. The van der Waals surface area contributed by atoms with Crippen molar-refractivity contribution in [2.75, 3.05) is 6.61 Å². The van der Waals surface area contributed by atoms with Gasteiger partial charge < -0.3 is 14.2 Å². The fourth-order valence-electron chi connectivity index (χ4n) is 3.26. The molecule has 3 aliphatic rings. The lowest BCUT2D eigenvalue weighted by Crippen LogP contribution is -2.50. The number of benzene rings is 1. The number of hydrogen-bond donors (Lipinski definition) is 0. The molecule has 2 fully saturated rings. The van der Waals surface area contributed by atoms with Gasteiger partial charge >= 0.3 is 5.97 Å². The minimum absolute atomic E-state index is 0.0547. The van der Waals surface area contributed by atoms with Crippen LogP contribution < -0.4 is 0 Å². The standard InChI is InChI=1S/C19H19NO5/c21-14-8-4-7-13(9-14)20-15-10-16-17(24-18(15)22)11-23-19(25-16)12-5-2-1-3-6-12/h1-3,5-6,9,16-17,19H,4,7-8,10-11H2/t16-,17-,19+/m0/s1. The second-order valence-corrected chi connectivity index (χ2v) is 6.41. The molecular weight excluding hydrogens is 322 g/mol. The Morgan fingerprint density at radius 2 is 1.88 bits per heavy atom. The number of rotatable bonds is 2. The highest BCUT2D eigenvalue weighted by Crippen LogP contribution is 2.32. The van der Waals surface area contributed by atoms with Gasteiger partial charge in [-0.1, -0.05) is 30.3 Å². The van der Waals surface area contributed by atoms with E-state index in [1.54, 1.807) is 0 Å². The van der Waals surface area contributed by atoms with Gasteiger partial charge in [0.15, 0.2) is 18.2 Å². The molecule has 0 bridgehead atoms. The van der Waals surface area contributed by atoms with E-state index in [2.05, 4.69) is 4.99 Å². The molecule has 2 saturated heterocycles. The van der Waals surface area contributed by atoms with Crippen LogP contribution in [0, 0.1) is 0 Å². The topological polar surface area (TPSA) is 74.2 Å². The van der Waals surface area contributed by atoms with Gasteiger partial charge in [0.25, 0.3) is 0 Å². The molecule has 0 saturated carbocycles. The Morgan fingerprint density at radius 3 is 2.68 bits per heavy atom. The van der Waals surface area contributed by atoms with Crippen molar-refractivity contribution in [2.45, 2.75) is 44.2 Å². The number of nitrogens with zero attached hydrogens (tertiary/aromatic N) is 1. The predicted octanol–water partition coefficient (Wildman–Crippen LogP) is 2.49. The van der Waals surface area contributed by atoms with Crippen LogP contribution in [0.15, 0.2) is 47.1 Å². The van der Waals surface area contributed by atoms with E-state index in [0.29, 0.717) is 37.3 Å². The van der Waals surface area contributed by atoms with Gasteiger partial charge in [0.05, 0.1) is 6.61 Å². The minimum atomic E-state index is -0.476. The van der Waals surface area contributed by atoms with Crippen LogP contribution in [0.3, 0.4) is 0 Å². The van der Waals surface area contributed by atoms with E-state index < -0.39 is 18.4 Å². The Bertz CT molecular complexity index is 739. The van der Waals surface area contributed by atoms with Gasteiger partial charge in [-0.05, 0) is 12.8 Å². The number of ether oxygens (including phenoxy) is 3. The molecule has 4 rings (SSSR count). The van der Waals surface area contributed by atoms with Crippen LogP contribution in [0.2, 0.25) is 0 Å². The van der Waals surface area contributed by atoms with Crippen LogP contribution >= 0.6 is 0 Å². The third-order valence-corrected chi connectivity index (χ3v) is 4.55. The summed E-state index contributed by atoms with van der Waals surface area (Å²) in [6, 6.07) is 9.66. The summed E-state index contributed by atoms with van der Waals surface area (Å²) in [6.07, 6.45) is 2.70. The zero-order valence-corrected chi connectivity index (χ0v) is 13.7. The maximum atomic E-state index is 12.2. The van der Waals surface area contributed by atoms with Gasteiger partial charge in [0, 0.05) is 30.2 Å². The van der Waals surface area contributed by atoms with Crippen LogP contribution in [0.4, 0.5) is 0 Å². The third kappa shape index (κ3) is 3.55. The summed E-state index contributed by atoms with van der Waals surface area (Å²) in [5, 5.41) is 0. The summed E-state index contributed by atoms with van der Waals surface area (Å²) in [5.74, 6) is -0.398. The lowest BCUT2D eigenvalue weighted by molar-refractivity contribution is -0.262. The first-order chi connectivity index (χ1) is 12.2. The minimum Gasteiger partial charge on any atom is -0.453 e. The molecule has 2 aliphatic heterocycles. The summed E-state index contributed by atoms with van der Waals surface area (Å²) in [5.41, 5.74) is 1.89. The smallest absolute Gasteiger partial charge is 0.353 e. The van der Waals surface area contributed by atoms with Crippen LogP contribution in [0.5, 0.6) is 0 Å². The Balaban J connectivity index is 1.50. The molecule has 1 aliphatic carbocycles. The fourth-order valence-corrected chi connectivity index (χ4v) is 3.26. The number of ketones is 1. The molecule has 1 aromatic carbocycles. The van der Waals surface area contributed by atoms with Gasteiger partial charge in [0.1, 0.15) is 11.8 Å². The highest BCUT2D eigenvalue weighted by atomic mass is 16.7. The Morgan fingerprint density at radius 1 is 1.04 bits per heavy atom. The van der Waals surface area contributed by atoms with Crippen molar-refractivity contribution in [1.29, 1.82) is 0 Å². The first-order valence-corrected chi connectivity index (χ1v) is 8.53. The van der Waals surface area contributed by atoms with Gasteiger partial charge in [0.2, 0.25) is 0 Å². The normalized spacial score (nSPS) is 31.3. The third-order valence-electron chi connectivity index (χ3n) is 4.55. The van der Waals surface area contributed by atoms with E-state index in [9.17, 15) is 9.59 Å². The molecule has 0 N–H and O–H groups in total. The summed E-state index contributed by atoms with van der Waals surface area (Å²) in [6.45, 7) is 0.296. The van der Waals surface area contributed by atoms with Crippen LogP contribution in [0.25, 0.3) is 0 Å². The van der Waals surface area contributed by atoms with E-state index in [1.807, 2.05) is 30.3 Å². The van der Waals surface area contributed by atoms with Crippen molar-refractivity contribution < 1.29 is 23.8 Å². The lowest BCUT2D eigenvalue weighted by atomic mass is 10.0. The Labute approximate surface area is 145 Å². The molecule has 6 heteroatoms. The number of carbonyl (C=O) groups excluding carboxylic acids is 2. The molecule has 3 atom stereocenters. The van der Waals surface area contributed by atoms with Crippen molar-refractivity contribution in [3.8, 4) is 0 Å². The second-order valence-electron chi connectivity index (χ2n) is 6.41.